The minimum atomic E-state index is -3.16. The maximum Gasteiger partial charge on any atom is 0.271 e. The summed E-state index contributed by atoms with van der Waals surface area (Å²) in [5.41, 5.74) is 0.768. The van der Waals surface area contributed by atoms with E-state index in [-0.39, 0.29) is 42.1 Å². The van der Waals surface area contributed by atoms with Gasteiger partial charge in [0, 0.05) is 31.2 Å². The van der Waals surface area contributed by atoms with Crippen LogP contribution in [0.5, 0.6) is 5.75 Å². The van der Waals surface area contributed by atoms with Crippen LogP contribution in [0.25, 0.3) is 0 Å². The second kappa shape index (κ2) is 8.73. The van der Waals surface area contributed by atoms with Crippen LogP contribution in [-0.2, 0) is 24.2 Å². The highest BCUT2D eigenvalue weighted by Gasteiger charge is 2.37. The van der Waals surface area contributed by atoms with Gasteiger partial charge in [0.15, 0.2) is 9.84 Å². The Labute approximate surface area is 175 Å². The molecule has 0 aromatic heterocycles. The molecule has 2 atom stereocenters. The van der Waals surface area contributed by atoms with E-state index in [4.69, 9.17) is 9.47 Å². The van der Waals surface area contributed by atoms with Crippen LogP contribution in [0.1, 0.15) is 32.1 Å². The fourth-order valence-corrected chi connectivity index (χ4v) is 5.51. The molecule has 0 spiro atoms. The number of ether oxygens (including phenoxy) is 2. The summed E-state index contributed by atoms with van der Waals surface area (Å²) >= 11 is 0. The molecule has 10 heteroatoms. The number of carbonyl (C=O) groups excluding carboxylic acids is 2. The molecule has 0 unspecified atom stereocenters. The quantitative estimate of drug-likeness (QED) is 0.721. The molecule has 0 bridgehead atoms. The number of hydrogen-bond acceptors (Lipinski definition) is 7. The first-order valence-corrected chi connectivity index (χ1v) is 12.0. The lowest BCUT2D eigenvalue weighted by molar-refractivity contribution is -0.133. The zero-order valence-electron chi connectivity index (χ0n) is 16.6. The van der Waals surface area contributed by atoms with Crippen LogP contribution in [-0.4, -0.2) is 67.8 Å². The number of benzene rings is 1. The van der Waals surface area contributed by atoms with E-state index >= 15 is 0 Å². The molecule has 3 aliphatic rings. The van der Waals surface area contributed by atoms with E-state index in [1.165, 1.54) is 5.01 Å². The average molecular weight is 436 g/mol. The molecule has 0 saturated carbocycles. The highest BCUT2D eigenvalue weighted by Crippen LogP contribution is 2.23. The number of hydrogen-bond donors (Lipinski definition) is 1. The standard InChI is InChI=1S/C20H25N3O6S/c24-19-7-6-18(22-23(19)15-8-10-30(26,27)13-15)20(25)21-14-3-1-4-16(11-14)29-12-17-5-2-9-28-17/h1,3-4,11,15,17H,2,5-10,12-13H2,(H,21,25)/t15-,17+/m0/s1. The molecule has 0 radical (unpaired) electrons. The summed E-state index contributed by atoms with van der Waals surface area (Å²) in [4.78, 5) is 24.9. The van der Waals surface area contributed by atoms with Gasteiger partial charge in [0.2, 0.25) is 5.91 Å². The summed E-state index contributed by atoms with van der Waals surface area (Å²) in [7, 11) is -3.16. The highest BCUT2D eigenvalue weighted by atomic mass is 32.2. The van der Waals surface area contributed by atoms with Crippen molar-refractivity contribution in [3.05, 3.63) is 24.3 Å². The molecule has 2 saturated heterocycles. The van der Waals surface area contributed by atoms with Crippen LogP contribution in [0.15, 0.2) is 29.4 Å². The number of carbonyl (C=O) groups is 2. The fraction of sp³-hybridized carbons (Fsp3) is 0.550. The molecule has 3 heterocycles. The Bertz CT molecular complexity index is 955. The first-order chi connectivity index (χ1) is 14.4. The van der Waals surface area contributed by atoms with Crippen LogP contribution in [0.3, 0.4) is 0 Å². The van der Waals surface area contributed by atoms with E-state index in [1.807, 2.05) is 6.07 Å². The Hall–Kier alpha value is -2.46. The Morgan fingerprint density at radius 2 is 2.17 bits per heavy atom. The van der Waals surface area contributed by atoms with Gasteiger partial charge in [-0.15, -0.1) is 0 Å². The third-order valence-electron chi connectivity index (χ3n) is 5.43. The van der Waals surface area contributed by atoms with E-state index in [9.17, 15) is 18.0 Å². The topological polar surface area (TPSA) is 114 Å². The predicted octanol–water partition coefficient (Wildman–Crippen LogP) is 1.35. The average Bonchev–Trinajstić information content (AvgIpc) is 3.36. The van der Waals surface area contributed by atoms with Crippen molar-refractivity contribution in [1.82, 2.24) is 5.01 Å². The van der Waals surface area contributed by atoms with E-state index in [0.29, 0.717) is 24.5 Å². The molecule has 9 nitrogen and oxygen atoms in total. The Morgan fingerprint density at radius 3 is 2.90 bits per heavy atom. The molecule has 4 rings (SSSR count). The summed E-state index contributed by atoms with van der Waals surface area (Å²) < 4.78 is 34.8. The first kappa shape index (κ1) is 20.8. The van der Waals surface area contributed by atoms with Crippen LogP contribution in [0.2, 0.25) is 0 Å². The van der Waals surface area contributed by atoms with Crippen LogP contribution in [0, 0.1) is 0 Å². The van der Waals surface area contributed by atoms with Gasteiger partial charge in [-0.3, -0.25) is 9.59 Å². The number of rotatable bonds is 6. The van der Waals surface area contributed by atoms with Gasteiger partial charge in [-0.1, -0.05) is 6.07 Å². The number of hydrazone groups is 1. The predicted molar refractivity (Wildman–Crippen MR) is 110 cm³/mol. The summed E-state index contributed by atoms with van der Waals surface area (Å²) in [5.74, 6) is -0.108. The summed E-state index contributed by atoms with van der Waals surface area (Å²) in [6, 6.07) is 6.56. The molecule has 1 N–H and O–H groups in total. The normalized spacial score (nSPS) is 25.8. The van der Waals surface area contributed by atoms with E-state index < -0.39 is 21.8 Å². The van der Waals surface area contributed by atoms with E-state index in [0.717, 1.165) is 19.4 Å². The van der Waals surface area contributed by atoms with Crippen molar-refractivity contribution in [3.63, 3.8) is 0 Å². The van der Waals surface area contributed by atoms with Gasteiger partial charge in [0.05, 0.1) is 23.7 Å². The van der Waals surface area contributed by atoms with Crippen molar-refractivity contribution in [2.24, 2.45) is 5.10 Å². The van der Waals surface area contributed by atoms with Crippen molar-refractivity contribution in [1.29, 1.82) is 0 Å². The number of sulfone groups is 1. The smallest absolute Gasteiger partial charge is 0.271 e. The molecule has 162 valence electrons. The molecular formula is C20H25N3O6S. The monoisotopic (exact) mass is 435 g/mol. The van der Waals surface area contributed by atoms with Gasteiger partial charge in [0.25, 0.3) is 5.91 Å². The minimum Gasteiger partial charge on any atom is -0.491 e. The number of nitrogens with one attached hydrogen (secondary N) is 1. The second-order valence-electron chi connectivity index (χ2n) is 7.77. The van der Waals surface area contributed by atoms with Crippen molar-refractivity contribution in [3.8, 4) is 5.75 Å². The van der Waals surface area contributed by atoms with Crippen molar-refractivity contribution < 1.29 is 27.5 Å². The van der Waals surface area contributed by atoms with Crippen LogP contribution >= 0.6 is 0 Å². The molecule has 2 amide bonds. The fourth-order valence-electron chi connectivity index (χ4n) is 3.82. The van der Waals surface area contributed by atoms with Crippen LogP contribution in [0.4, 0.5) is 5.69 Å². The van der Waals surface area contributed by atoms with Gasteiger partial charge in [-0.05, 0) is 31.4 Å². The highest BCUT2D eigenvalue weighted by molar-refractivity contribution is 7.91. The van der Waals surface area contributed by atoms with Gasteiger partial charge in [0.1, 0.15) is 18.1 Å². The zero-order valence-corrected chi connectivity index (χ0v) is 17.4. The maximum atomic E-state index is 12.7. The molecule has 2 fully saturated rings. The summed E-state index contributed by atoms with van der Waals surface area (Å²) in [6.45, 7) is 1.23. The van der Waals surface area contributed by atoms with Crippen molar-refractivity contribution in [2.75, 3.05) is 30.0 Å². The number of anilines is 1. The lowest BCUT2D eigenvalue weighted by atomic mass is 10.1. The Morgan fingerprint density at radius 1 is 1.30 bits per heavy atom. The van der Waals surface area contributed by atoms with Gasteiger partial charge < -0.3 is 14.8 Å². The zero-order chi connectivity index (χ0) is 21.1. The lowest BCUT2D eigenvalue weighted by Crippen LogP contribution is -2.42. The summed E-state index contributed by atoms with van der Waals surface area (Å²) in [6.07, 6.45) is 2.81. The number of amides is 2. The van der Waals surface area contributed by atoms with Crippen molar-refractivity contribution >= 4 is 33.1 Å². The van der Waals surface area contributed by atoms with Crippen LogP contribution < -0.4 is 10.1 Å². The van der Waals surface area contributed by atoms with Crippen molar-refractivity contribution in [2.45, 2.75) is 44.2 Å². The van der Waals surface area contributed by atoms with E-state index in [2.05, 4.69) is 10.4 Å². The Kier molecular flexibility index (Phi) is 6.05. The minimum absolute atomic E-state index is 0.0389. The molecule has 1 aromatic rings. The Balaban J connectivity index is 1.39. The van der Waals surface area contributed by atoms with Gasteiger partial charge in [-0.25, -0.2) is 13.4 Å². The maximum absolute atomic E-state index is 12.7. The molecule has 1 aromatic carbocycles. The molecule has 0 aliphatic carbocycles. The third-order valence-corrected chi connectivity index (χ3v) is 7.18. The molecular weight excluding hydrogens is 410 g/mol. The molecule has 30 heavy (non-hydrogen) atoms. The van der Waals surface area contributed by atoms with Gasteiger partial charge >= 0.3 is 0 Å². The van der Waals surface area contributed by atoms with Gasteiger partial charge in [-0.2, -0.15) is 5.10 Å². The first-order valence-electron chi connectivity index (χ1n) is 10.2. The third kappa shape index (κ3) is 4.99. The lowest BCUT2D eigenvalue weighted by Gasteiger charge is -2.27. The number of nitrogens with zero attached hydrogens (tertiary/aromatic N) is 2. The summed E-state index contributed by atoms with van der Waals surface area (Å²) in [5, 5.41) is 8.16. The second-order valence-corrected chi connectivity index (χ2v) is 10.00. The SMILES string of the molecule is O=C(Nc1cccc(OC[C@H]2CCCO2)c1)C1=NN([C@H]2CCS(=O)(=O)C2)C(=O)CC1. The van der Waals surface area contributed by atoms with E-state index in [1.54, 1.807) is 18.2 Å². The molecule has 3 aliphatic heterocycles. The largest absolute Gasteiger partial charge is 0.491 e.